The van der Waals surface area contributed by atoms with Crippen molar-refractivity contribution < 1.29 is 19.5 Å². The average Bonchev–Trinajstić information content (AvgIpc) is 2.58. The molecule has 0 heterocycles. The topological polar surface area (TPSA) is 93.9 Å². The molecular weight excluding hydrogens is 332 g/mol. The van der Waals surface area contributed by atoms with Crippen molar-refractivity contribution in [2.45, 2.75) is 11.3 Å². The fourth-order valence-electron chi connectivity index (χ4n) is 1.98. The first kappa shape index (κ1) is 18.1. The molecule has 2 rings (SSSR count). The van der Waals surface area contributed by atoms with Gasteiger partial charge in [0, 0.05) is 19.7 Å². The molecule has 0 bridgehead atoms. The second-order valence-electron chi connectivity index (χ2n) is 4.82. The highest BCUT2D eigenvalue weighted by Crippen LogP contribution is 2.28. The molecule has 2 N–H and O–H groups in total. The highest BCUT2D eigenvalue weighted by molar-refractivity contribution is 7.97. The highest BCUT2D eigenvalue weighted by atomic mass is 32.2. The van der Waals surface area contributed by atoms with E-state index in [2.05, 4.69) is 4.72 Å². The molecule has 128 valence electrons. The minimum atomic E-state index is -0.402. The van der Waals surface area contributed by atoms with Crippen LogP contribution in [0, 0.1) is 10.1 Å². The first-order valence-electron chi connectivity index (χ1n) is 7.18. The largest absolute Gasteiger partial charge is 0.504 e. The number of para-hydroxylation sites is 1. The molecule has 2 aromatic rings. The monoisotopic (exact) mass is 350 g/mol. The van der Waals surface area contributed by atoms with Crippen molar-refractivity contribution in [3.05, 3.63) is 58.1 Å². The Bertz CT molecular complexity index is 696. The molecule has 24 heavy (non-hydrogen) atoms. The van der Waals surface area contributed by atoms with Gasteiger partial charge in [-0.05, 0) is 42.1 Å². The minimum Gasteiger partial charge on any atom is -0.504 e. The molecule has 8 heteroatoms. The SMILES string of the molecule is COCOc1ccc(CCNSc2ccccc2[N+](=O)[O-])cc1O. The third-order valence-corrected chi connectivity index (χ3v) is 4.03. The standard InChI is InChI=1S/C16H18N2O5S/c1-22-11-23-15-7-6-12(10-14(15)19)8-9-17-24-16-5-3-2-4-13(16)18(20)21/h2-7,10,17,19H,8-9,11H2,1H3. The molecule has 0 unspecified atom stereocenters. The first-order valence-corrected chi connectivity index (χ1v) is 8.00. The van der Waals surface area contributed by atoms with Crippen LogP contribution in [0.15, 0.2) is 47.4 Å². The number of ether oxygens (including phenoxy) is 2. The van der Waals surface area contributed by atoms with E-state index >= 15 is 0 Å². The number of hydrogen-bond acceptors (Lipinski definition) is 7. The molecule has 0 saturated heterocycles. The summed E-state index contributed by atoms with van der Waals surface area (Å²) in [7, 11) is 1.51. The number of nitro groups is 1. The Morgan fingerprint density at radius 2 is 2.08 bits per heavy atom. The lowest BCUT2D eigenvalue weighted by Gasteiger charge is -2.09. The van der Waals surface area contributed by atoms with Crippen molar-refractivity contribution >= 4 is 17.6 Å². The first-order chi connectivity index (χ1) is 11.6. The van der Waals surface area contributed by atoms with Gasteiger partial charge in [-0.25, -0.2) is 0 Å². The van der Waals surface area contributed by atoms with Gasteiger partial charge in [-0.15, -0.1) is 0 Å². The van der Waals surface area contributed by atoms with Crippen LogP contribution in [-0.2, 0) is 11.2 Å². The second-order valence-corrected chi connectivity index (χ2v) is 5.76. The van der Waals surface area contributed by atoms with Gasteiger partial charge in [-0.2, -0.15) is 0 Å². The van der Waals surface area contributed by atoms with E-state index in [1.54, 1.807) is 30.3 Å². The molecular formula is C16H18N2O5S. The summed E-state index contributed by atoms with van der Waals surface area (Å²) in [4.78, 5) is 11.1. The molecule has 0 aliphatic carbocycles. The van der Waals surface area contributed by atoms with Gasteiger partial charge in [0.15, 0.2) is 18.3 Å². The Labute approximate surface area is 143 Å². The van der Waals surface area contributed by atoms with Crippen LogP contribution in [0.3, 0.4) is 0 Å². The van der Waals surface area contributed by atoms with Gasteiger partial charge in [0.2, 0.25) is 0 Å². The summed E-state index contributed by atoms with van der Waals surface area (Å²) in [6.45, 7) is 0.662. The second kappa shape index (κ2) is 9.11. The number of nitrogens with one attached hydrogen (secondary N) is 1. The van der Waals surface area contributed by atoms with Crippen LogP contribution >= 0.6 is 11.9 Å². The average molecular weight is 350 g/mol. The summed E-state index contributed by atoms with van der Waals surface area (Å²) in [6, 6.07) is 11.7. The molecule has 0 aliphatic heterocycles. The van der Waals surface area contributed by atoms with E-state index in [1.807, 2.05) is 6.07 Å². The quantitative estimate of drug-likeness (QED) is 0.236. The maximum absolute atomic E-state index is 10.9. The van der Waals surface area contributed by atoms with E-state index in [1.165, 1.54) is 25.1 Å². The molecule has 0 fully saturated rings. The number of rotatable bonds is 9. The summed E-state index contributed by atoms with van der Waals surface area (Å²) in [5, 5.41) is 20.8. The van der Waals surface area contributed by atoms with E-state index < -0.39 is 4.92 Å². The van der Waals surface area contributed by atoms with Crippen molar-refractivity contribution in [3.63, 3.8) is 0 Å². The van der Waals surface area contributed by atoms with Crippen molar-refractivity contribution in [2.75, 3.05) is 20.4 Å². The van der Waals surface area contributed by atoms with Crippen molar-refractivity contribution in [2.24, 2.45) is 0 Å². The minimum absolute atomic E-state index is 0.0518. The fraction of sp³-hybridized carbons (Fsp3) is 0.250. The number of nitrogens with zero attached hydrogens (tertiary/aromatic N) is 1. The zero-order valence-electron chi connectivity index (χ0n) is 13.1. The summed E-state index contributed by atoms with van der Waals surface area (Å²) < 4.78 is 13.1. The maximum atomic E-state index is 10.9. The number of phenols is 1. The summed E-state index contributed by atoms with van der Waals surface area (Å²) in [5.74, 6) is 0.416. The number of aromatic hydroxyl groups is 1. The molecule has 0 radical (unpaired) electrons. The summed E-state index contributed by atoms with van der Waals surface area (Å²) in [5.41, 5.74) is 1.00. The Hall–Kier alpha value is -2.29. The van der Waals surface area contributed by atoms with Gasteiger partial charge in [-0.1, -0.05) is 18.2 Å². The summed E-state index contributed by atoms with van der Waals surface area (Å²) >= 11 is 1.22. The number of phenolic OH excluding ortho intramolecular Hbond substituents is 1. The van der Waals surface area contributed by atoms with Crippen molar-refractivity contribution in [1.29, 1.82) is 0 Å². The lowest BCUT2D eigenvalue weighted by atomic mass is 10.1. The number of methoxy groups -OCH3 is 1. The van der Waals surface area contributed by atoms with Crippen LogP contribution in [0.4, 0.5) is 5.69 Å². The Balaban J connectivity index is 1.84. The van der Waals surface area contributed by atoms with Gasteiger partial charge in [-0.3, -0.25) is 14.8 Å². The van der Waals surface area contributed by atoms with Gasteiger partial charge < -0.3 is 14.6 Å². The Morgan fingerprint density at radius 3 is 2.79 bits per heavy atom. The Morgan fingerprint density at radius 1 is 1.29 bits per heavy atom. The van der Waals surface area contributed by atoms with E-state index in [-0.39, 0.29) is 18.2 Å². The third-order valence-electron chi connectivity index (χ3n) is 3.12. The molecule has 0 aromatic heterocycles. The predicted molar refractivity (Wildman–Crippen MR) is 91.3 cm³/mol. The lowest BCUT2D eigenvalue weighted by Crippen LogP contribution is -2.09. The third kappa shape index (κ3) is 5.12. The maximum Gasteiger partial charge on any atom is 0.284 e. The fourth-order valence-corrected chi connectivity index (χ4v) is 2.73. The van der Waals surface area contributed by atoms with E-state index in [0.29, 0.717) is 23.6 Å². The van der Waals surface area contributed by atoms with E-state index in [4.69, 9.17) is 9.47 Å². The van der Waals surface area contributed by atoms with Crippen LogP contribution in [0.1, 0.15) is 5.56 Å². The molecule has 2 aromatic carbocycles. The predicted octanol–water partition coefficient (Wildman–Crippen LogP) is 3.12. The molecule has 0 atom stereocenters. The molecule has 0 aliphatic rings. The van der Waals surface area contributed by atoms with Gasteiger partial charge in [0.05, 0.1) is 4.92 Å². The highest BCUT2D eigenvalue weighted by Gasteiger charge is 2.12. The molecule has 0 spiro atoms. The zero-order chi connectivity index (χ0) is 17.4. The van der Waals surface area contributed by atoms with E-state index in [0.717, 1.165) is 5.56 Å². The van der Waals surface area contributed by atoms with Gasteiger partial charge in [0.25, 0.3) is 5.69 Å². The smallest absolute Gasteiger partial charge is 0.284 e. The number of nitro benzene ring substituents is 1. The number of benzene rings is 2. The molecule has 7 nitrogen and oxygen atoms in total. The van der Waals surface area contributed by atoms with Gasteiger partial charge in [0.1, 0.15) is 4.90 Å². The normalized spacial score (nSPS) is 10.5. The Kier molecular flexibility index (Phi) is 6.86. The van der Waals surface area contributed by atoms with Crippen LogP contribution in [-0.4, -0.2) is 30.5 Å². The van der Waals surface area contributed by atoms with Crippen LogP contribution in [0.5, 0.6) is 11.5 Å². The van der Waals surface area contributed by atoms with Crippen LogP contribution in [0.25, 0.3) is 0 Å². The van der Waals surface area contributed by atoms with Crippen molar-refractivity contribution in [1.82, 2.24) is 4.72 Å². The van der Waals surface area contributed by atoms with Crippen LogP contribution < -0.4 is 9.46 Å². The van der Waals surface area contributed by atoms with E-state index in [9.17, 15) is 15.2 Å². The molecule has 0 saturated carbocycles. The summed E-state index contributed by atoms with van der Waals surface area (Å²) in [6.07, 6.45) is 0.658. The van der Waals surface area contributed by atoms with Crippen molar-refractivity contribution in [3.8, 4) is 11.5 Å². The number of hydrogen-bond donors (Lipinski definition) is 2. The zero-order valence-corrected chi connectivity index (χ0v) is 13.9. The van der Waals surface area contributed by atoms with Crippen LogP contribution in [0.2, 0.25) is 0 Å². The lowest BCUT2D eigenvalue weighted by molar-refractivity contribution is -0.387. The molecule has 0 amide bonds. The van der Waals surface area contributed by atoms with Gasteiger partial charge >= 0.3 is 0 Å².